The topological polar surface area (TPSA) is 38.0 Å². The predicted molar refractivity (Wildman–Crippen MR) is 32.5 cm³/mol. The number of nitrogens with one attached hydrogen (secondary N) is 1. The normalized spacial score (nSPS) is 20.1. The van der Waals surface area contributed by atoms with Crippen molar-refractivity contribution in [2.24, 2.45) is 5.73 Å². The number of hydrogen-bond donors (Lipinski definition) is 2. The van der Waals surface area contributed by atoms with E-state index in [0.29, 0.717) is 0 Å². The van der Waals surface area contributed by atoms with Gasteiger partial charge >= 0.3 is 0 Å². The summed E-state index contributed by atoms with van der Waals surface area (Å²) < 4.78 is 3.04. The van der Waals surface area contributed by atoms with Crippen molar-refractivity contribution in [3.8, 4) is 0 Å². The van der Waals surface area contributed by atoms with E-state index < -0.39 is 0 Å². The fraction of sp³-hybridized carbons (Fsp3) is 0.500. The SMILES string of the molecule is CC1=C(N)CSN1. The number of hydrogen-bond acceptors (Lipinski definition) is 3. The Labute approximate surface area is 47.3 Å². The molecule has 2 nitrogen and oxygen atoms in total. The first-order chi connectivity index (χ1) is 3.30. The van der Waals surface area contributed by atoms with Crippen molar-refractivity contribution in [2.45, 2.75) is 6.92 Å². The van der Waals surface area contributed by atoms with E-state index in [9.17, 15) is 0 Å². The summed E-state index contributed by atoms with van der Waals surface area (Å²) in [6.07, 6.45) is 0. The van der Waals surface area contributed by atoms with Crippen LogP contribution in [0, 0.1) is 0 Å². The van der Waals surface area contributed by atoms with Gasteiger partial charge in [-0.25, -0.2) is 0 Å². The Morgan fingerprint density at radius 3 is 2.71 bits per heavy atom. The molecule has 0 aromatic heterocycles. The van der Waals surface area contributed by atoms with Gasteiger partial charge in [-0.3, -0.25) is 0 Å². The third kappa shape index (κ3) is 0.825. The van der Waals surface area contributed by atoms with E-state index in [-0.39, 0.29) is 0 Å². The van der Waals surface area contributed by atoms with Crippen molar-refractivity contribution in [1.29, 1.82) is 0 Å². The highest BCUT2D eigenvalue weighted by molar-refractivity contribution is 7.97. The molecule has 1 heterocycles. The van der Waals surface area contributed by atoms with Crippen LogP contribution in [-0.4, -0.2) is 5.75 Å². The second kappa shape index (κ2) is 1.66. The summed E-state index contributed by atoms with van der Waals surface area (Å²) in [5.41, 5.74) is 7.57. The zero-order valence-electron chi connectivity index (χ0n) is 4.19. The monoisotopic (exact) mass is 116 g/mol. The van der Waals surface area contributed by atoms with Crippen molar-refractivity contribution in [3.05, 3.63) is 11.4 Å². The second-order valence-electron chi connectivity index (χ2n) is 1.54. The first kappa shape index (κ1) is 4.84. The van der Waals surface area contributed by atoms with Crippen LogP contribution < -0.4 is 10.5 Å². The van der Waals surface area contributed by atoms with Gasteiger partial charge in [0.05, 0.1) is 5.75 Å². The molecule has 1 aliphatic rings. The van der Waals surface area contributed by atoms with Crippen molar-refractivity contribution in [2.75, 3.05) is 5.75 Å². The Balaban J connectivity index is 2.64. The van der Waals surface area contributed by atoms with Crippen LogP contribution >= 0.6 is 11.9 Å². The summed E-state index contributed by atoms with van der Waals surface area (Å²) in [4.78, 5) is 0. The molecule has 0 fully saturated rings. The molecule has 0 aromatic carbocycles. The molecule has 0 radical (unpaired) electrons. The third-order valence-electron chi connectivity index (χ3n) is 0.935. The smallest absolute Gasteiger partial charge is 0.0547 e. The molecule has 0 saturated heterocycles. The molecule has 0 aliphatic carbocycles. The lowest BCUT2D eigenvalue weighted by Crippen LogP contribution is -1.99. The highest BCUT2D eigenvalue weighted by atomic mass is 32.2. The summed E-state index contributed by atoms with van der Waals surface area (Å²) in [6, 6.07) is 0. The molecule has 0 saturated carbocycles. The van der Waals surface area contributed by atoms with Crippen LogP contribution in [-0.2, 0) is 0 Å². The van der Waals surface area contributed by atoms with Crippen molar-refractivity contribution in [1.82, 2.24) is 4.72 Å². The molecule has 0 unspecified atom stereocenters. The minimum absolute atomic E-state index is 0.936. The van der Waals surface area contributed by atoms with Crippen LogP contribution in [0.2, 0.25) is 0 Å². The van der Waals surface area contributed by atoms with E-state index >= 15 is 0 Å². The van der Waals surface area contributed by atoms with Crippen LogP contribution in [0.1, 0.15) is 6.92 Å². The summed E-state index contributed by atoms with van der Waals surface area (Å²) in [5.74, 6) is 0.936. The van der Waals surface area contributed by atoms with Crippen LogP contribution in [0.25, 0.3) is 0 Å². The molecule has 0 aromatic rings. The average molecular weight is 116 g/mol. The minimum Gasteiger partial charge on any atom is -0.400 e. The van der Waals surface area contributed by atoms with E-state index in [4.69, 9.17) is 5.73 Å². The van der Waals surface area contributed by atoms with Crippen LogP contribution in [0.5, 0.6) is 0 Å². The molecule has 40 valence electrons. The molecule has 0 spiro atoms. The highest BCUT2D eigenvalue weighted by Crippen LogP contribution is 2.12. The van der Waals surface area contributed by atoms with Crippen LogP contribution in [0.3, 0.4) is 0 Å². The highest BCUT2D eigenvalue weighted by Gasteiger charge is 2.04. The first-order valence-corrected chi connectivity index (χ1v) is 3.12. The van der Waals surface area contributed by atoms with Gasteiger partial charge < -0.3 is 10.5 Å². The third-order valence-corrected chi connectivity index (χ3v) is 1.84. The quantitative estimate of drug-likeness (QED) is 0.451. The van der Waals surface area contributed by atoms with Gasteiger partial charge in [0, 0.05) is 11.4 Å². The molecule has 0 bridgehead atoms. The predicted octanol–water partition coefficient (Wildman–Crippen LogP) is 0.428. The van der Waals surface area contributed by atoms with Gasteiger partial charge in [-0.1, -0.05) is 0 Å². The van der Waals surface area contributed by atoms with Crippen molar-refractivity contribution in [3.63, 3.8) is 0 Å². The standard InChI is InChI=1S/C4H8N2S/c1-3-4(5)2-7-6-3/h6H,2,5H2,1H3. The lowest BCUT2D eigenvalue weighted by molar-refractivity contribution is 1.15. The summed E-state index contributed by atoms with van der Waals surface area (Å²) in [6.45, 7) is 1.98. The molecule has 3 heteroatoms. The molecule has 3 N–H and O–H groups in total. The summed E-state index contributed by atoms with van der Waals surface area (Å²) in [5, 5.41) is 0. The van der Waals surface area contributed by atoms with Crippen LogP contribution in [0.15, 0.2) is 11.4 Å². The maximum absolute atomic E-state index is 5.47. The Morgan fingerprint density at radius 1 is 1.86 bits per heavy atom. The van der Waals surface area contributed by atoms with Gasteiger partial charge in [0.1, 0.15) is 0 Å². The Morgan fingerprint density at radius 2 is 2.57 bits per heavy atom. The average Bonchev–Trinajstić information content (AvgIpc) is 1.91. The van der Waals surface area contributed by atoms with Gasteiger partial charge in [0.15, 0.2) is 0 Å². The lowest BCUT2D eigenvalue weighted by atomic mass is 10.4. The summed E-state index contributed by atoms with van der Waals surface area (Å²) in [7, 11) is 0. The fourth-order valence-electron chi connectivity index (χ4n) is 0.396. The van der Waals surface area contributed by atoms with Crippen LogP contribution in [0.4, 0.5) is 0 Å². The molecule has 1 aliphatic heterocycles. The zero-order valence-corrected chi connectivity index (χ0v) is 5.01. The van der Waals surface area contributed by atoms with Gasteiger partial charge in [-0.05, 0) is 18.9 Å². The van der Waals surface area contributed by atoms with Crippen molar-refractivity contribution >= 4 is 11.9 Å². The second-order valence-corrected chi connectivity index (χ2v) is 2.32. The van der Waals surface area contributed by atoms with Gasteiger partial charge in [0.25, 0.3) is 0 Å². The van der Waals surface area contributed by atoms with E-state index in [1.807, 2.05) is 6.92 Å². The molecule has 0 amide bonds. The number of nitrogens with two attached hydrogens (primary N) is 1. The fourth-order valence-corrected chi connectivity index (χ4v) is 1.19. The van der Waals surface area contributed by atoms with E-state index in [1.165, 1.54) is 0 Å². The minimum atomic E-state index is 0.936. The van der Waals surface area contributed by atoms with Gasteiger partial charge in [-0.15, -0.1) is 0 Å². The van der Waals surface area contributed by atoms with Crippen molar-refractivity contribution < 1.29 is 0 Å². The largest absolute Gasteiger partial charge is 0.400 e. The van der Waals surface area contributed by atoms with Gasteiger partial charge in [-0.2, -0.15) is 0 Å². The molecule has 7 heavy (non-hydrogen) atoms. The van der Waals surface area contributed by atoms with E-state index in [2.05, 4.69) is 4.72 Å². The number of allylic oxidation sites excluding steroid dienone is 1. The van der Waals surface area contributed by atoms with E-state index in [0.717, 1.165) is 17.1 Å². The first-order valence-electron chi connectivity index (χ1n) is 2.14. The zero-order chi connectivity index (χ0) is 5.28. The summed E-state index contributed by atoms with van der Waals surface area (Å²) >= 11 is 1.64. The Kier molecular flexibility index (Phi) is 1.15. The number of rotatable bonds is 0. The maximum Gasteiger partial charge on any atom is 0.0547 e. The maximum atomic E-state index is 5.47. The Hall–Kier alpha value is -0.310. The Bertz CT molecular complexity index is 96.3. The molecular formula is C4H8N2S. The van der Waals surface area contributed by atoms with Gasteiger partial charge in [0.2, 0.25) is 0 Å². The molecule has 1 rings (SSSR count). The lowest BCUT2D eigenvalue weighted by Gasteiger charge is -1.89. The molecule has 0 atom stereocenters. The van der Waals surface area contributed by atoms with E-state index in [1.54, 1.807) is 11.9 Å². The molecular weight excluding hydrogens is 108 g/mol.